The van der Waals surface area contributed by atoms with E-state index < -0.39 is 5.97 Å². The predicted molar refractivity (Wildman–Crippen MR) is 142 cm³/mol. The van der Waals surface area contributed by atoms with E-state index in [0.29, 0.717) is 23.1 Å². The molecule has 0 aliphatic heterocycles. The van der Waals surface area contributed by atoms with Gasteiger partial charge in [0.25, 0.3) is 0 Å². The van der Waals surface area contributed by atoms with Crippen LogP contribution in [-0.2, 0) is 6.61 Å². The number of aromatic carboxylic acids is 1. The number of nitrogens with zero attached hydrogens (tertiary/aromatic N) is 1. The summed E-state index contributed by atoms with van der Waals surface area (Å²) in [5.74, 6) is 0.239. The molecule has 0 radical (unpaired) electrons. The van der Waals surface area contributed by atoms with E-state index in [-0.39, 0.29) is 42.3 Å². The maximum absolute atomic E-state index is 12.7. The number of ketones is 1. The van der Waals surface area contributed by atoms with E-state index in [1.807, 2.05) is 29.6 Å². The Bertz CT molecular complexity index is 1350. The zero-order chi connectivity index (χ0) is 24.9. The molecule has 0 atom stereocenters. The van der Waals surface area contributed by atoms with E-state index in [0.717, 1.165) is 22.6 Å². The number of hydrogen-bond acceptors (Lipinski definition) is 5. The summed E-state index contributed by atoms with van der Waals surface area (Å²) in [4.78, 5) is 28.2. The van der Waals surface area contributed by atoms with E-state index in [1.165, 1.54) is 73.3 Å². The van der Waals surface area contributed by atoms with Gasteiger partial charge in [0.05, 0.1) is 11.3 Å². The molecular weight excluding hydrogens is 493 g/mol. The Kier molecular flexibility index (Phi) is 9.33. The van der Waals surface area contributed by atoms with Crippen LogP contribution in [0.2, 0.25) is 0 Å². The SMILES string of the molecule is O=C(O)c1ccc(C(=O)c2nc(-c3ccc(OCc4ccc(C5CCCCC5)cc4)cc3)cs2)cc1.[H-].[Na+]. The van der Waals surface area contributed by atoms with Crippen LogP contribution in [0, 0.1) is 0 Å². The zero-order valence-corrected chi connectivity index (χ0v) is 23.7. The second-order valence-electron chi connectivity index (χ2n) is 9.14. The van der Waals surface area contributed by atoms with Crippen LogP contribution in [0.25, 0.3) is 11.3 Å². The van der Waals surface area contributed by atoms with Gasteiger partial charge in [-0.2, -0.15) is 0 Å². The summed E-state index contributed by atoms with van der Waals surface area (Å²) in [7, 11) is 0. The Labute approximate surface area is 244 Å². The number of rotatable bonds is 8. The van der Waals surface area contributed by atoms with Gasteiger partial charge in [-0.1, -0.05) is 55.7 Å². The smallest absolute Gasteiger partial charge is 1.00 e. The van der Waals surface area contributed by atoms with Crippen LogP contribution in [0.5, 0.6) is 5.75 Å². The van der Waals surface area contributed by atoms with Crippen molar-refractivity contribution >= 4 is 23.1 Å². The molecule has 1 fully saturated rings. The Morgan fingerprint density at radius 3 is 2.19 bits per heavy atom. The van der Waals surface area contributed by atoms with Crippen molar-refractivity contribution in [1.82, 2.24) is 4.98 Å². The van der Waals surface area contributed by atoms with E-state index >= 15 is 0 Å². The number of benzene rings is 3. The zero-order valence-electron chi connectivity index (χ0n) is 21.9. The van der Waals surface area contributed by atoms with E-state index in [9.17, 15) is 9.59 Å². The summed E-state index contributed by atoms with van der Waals surface area (Å²) in [6.45, 7) is 0.514. The summed E-state index contributed by atoms with van der Waals surface area (Å²) in [5.41, 5.74) is 4.77. The van der Waals surface area contributed by atoms with Crippen molar-refractivity contribution in [3.05, 3.63) is 105 Å². The minimum Gasteiger partial charge on any atom is -1.00 e. The van der Waals surface area contributed by atoms with Crippen LogP contribution >= 0.6 is 11.3 Å². The van der Waals surface area contributed by atoms with Gasteiger partial charge >= 0.3 is 35.5 Å². The standard InChI is InChI=1S/C30H27NO4S.Na.H/c32-28(24-10-12-25(13-11-24)30(33)34)29-31-27(19-36-29)23-14-16-26(17-15-23)35-18-20-6-8-22(9-7-20)21-4-2-1-3-5-21;;/h6-17,19,21H,1-5,18H2,(H,33,34);;/q;+1;-1. The van der Waals surface area contributed by atoms with Crippen molar-refractivity contribution in [3.8, 4) is 17.0 Å². The van der Waals surface area contributed by atoms with Gasteiger partial charge in [0.15, 0.2) is 5.01 Å². The third-order valence-electron chi connectivity index (χ3n) is 6.70. The van der Waals surface area contributed by atoms with E-state index in [1.54, 1.807) is 0 Å². The summed E-state index contributed by atoms with van der Waals surface area (Å²) >= 11 is 1.27. The summed E-state index contributed by atoms with van der Waals surface area (Å²) in [6.07, 6.45) is 6.65. The third kappa shape index (κ3) is 6.76. The molecule has 5 nitrogen and oxygen atoms in total. The Morgan fingerprint density at radius 1 is 0.892 bits per heavy atom. The molecule has 1 N–H and O–H groups in total. The second kappa shape index (κ2) is 12.7. The number of carboxylic acid groups (broad SMARTS) is 1. The number of thiazole rings is 1. The summed E-state index contributed by atoms with van der Waals surface area (Å²) in [6, 6.07) is 22.4. The Morgan fingerprint density at radius 2 is 1.54 bits per heavy atom. The molecule has 4 aromatic rings. The maximum Gasteiger partial charge on any atom is 1.00 e. The average Bonchev–Trinajstić information content (AvgIpc) is 3.43. The fourth-order valence-electron chi connectivity index (χ4n) is 4.61. The van der Waals surface area contributed by atoms with Gasteiger partial charge in [0.1, 0.15) is 12.4 Å². The molecule has 0 spiro atoms. The van der Waals surface area contributed by atoms with Crippen LogP contribution in [0.1, 0.15) is 76.3 Å². The number of carboxylic acids is 1. The molecule has 5 rings (SSSR count). The maximum atomic E-state index is 12.7. The van der Waals surface area contributed by atoms with Gasteiger partial charge in [-0.3, -0.25) is 4.79 Å². The Balaban J connectivity index is 0.00000200. The van der Waals surface area contributed by atoms with Gasteiger partial charge in [0, 0.05) is 16.5 Å². The third-order valence-corrected chi connectivity index (χ3v) is 7.55. The molecular formula is C30H28NNaO4S. The predicted octanol–water partition coefficient (Wildman–Crippen LogP) is 4.48. The largest absolute Gasteiger partial charge is 1.00 e. The first-order valence-electron chi connectivity index (χ1n) is 12.2. The monoisotopic (exact) mass is 521 g/mol. The normalized spacial score (nSPS) is 13.5. The van der Waals surface area contributed by atoms with Crippen LogP contribution in [0.4, 0.5) is 0 Å². The summed E-state index contributed by atoms with van der Waals surface area (Å²) < 4.78 is 5.98. The summed E-state index contributed by atoms with van der Waals surface area (Å²) in [5, 5.41) is 11.2. The van der Waals surface area contributed by atoms with Crippen molar-refractivity contribution in [2.24, 2.45) is 0 Å². The van der Waals surface area contributed by atoms with Gasteiger partial charge < -0.3 is 11.3 Å². The first-order chi connectivity index (χ1) is 17.6. The molecule has 1 saturated carbocycles. The minimum absolute atomic E-state index is 0. The first-order valence-corrected chi connectivity index (χ1v) is 13.1. The fourth-order valence-corrected chi connectivity index (χ4v) is 5.40. The second-order valence-corrected chi connectivity index (χ2v) is 10.00. The molecule has 1 heterocycles. The molecule has 1 aliphatic carbocycles. The molecule has 7 heteroatoms. The molecule has 3 aromatic carbocycles. The number of carbonyl (C=O) groups is 2. The van der Waals surface area contributed by atoms with Gasteiger partial charge in [-0.05, 0) is 66.3 Å². The first kappa shape index (κ1) is 27.3. The molecule has 1 aliphatic rings. The number of aromatic nitrogens is 1. The van der Waals surface area contributed by atoms with Crippen LogP contribution < -0.4 is 34.3 Å². The van der Waals surface area contributed by atoms with Gasteiger partial charge in [-0.25, -0.2) is 9.78 Å². The van der Waals surface area contributed by atoms with Crippen molar-refractivity contribution in [1.29, 1.82) is 0 Å². The number of hydrogen-bond donors (Lipinski definition) is 1. The quantitative estimate of drug-likeness (QED) is 0.273. The Hall–Kier alpha value is -2.77. The average molecular weight is 522 g/mol. The van der Waals surface area contributed by atoms with Crippen LogP contribution in [-0.4, -0.2) is 21.8 Å². The molecule has 184 valence electrons. The minimum atomic E-state index is -1.02. The molecule has 1 aromatic heterocycles. The molecule has 0 bridgehead atoms. The molecule has 0 unspecified atom stereocenters. The number of ether oxygens (including phenoxy) is 1. The van der Waals surface area contributed by atoms with Crippen LogP contribution in [0.3, 0.4) is 0 Å². The van der Waals surface area contributed by atoms with Crippen molar-refractivity contribution in [2.75, 3.05) is 0 Å². The molecule has 0 saturated heterocycles. The van der Waals surface area contributed by atoms with Gasteiger partial charge in [-0.15, -0.1) is 11.3 Å². The topological polar surface area (TPSA) is 76.5 Å². The number of carbonyl (C=O) groups excluding carboxylic acids is 1. The van der Waals surface area contributed by atoms with E-state index in [4.69, 9.17) is 9.84 Å². The molecule has 37 heavy (non-hydrogen) atoms. The molecule has 0 amide bonds. The fraction of sp³-hybridized carbons (Fsp3) is 0.233. The van der Waals surface area contributed by atoms with Crippen molar-refractivity contribution in [2.45, 2.75) is 44.6 Å². The van der Waals surface area contributed by atoms with E-state index in [2.05, 4.69) is 29.2 Å². The van der Waals surface area contributed by atoms with Crippen molar-refractivity contribution < 1.29 is 50.4 Å². The van der Waals surface area contributed by atoms with Crippen molar-refractivity contribution in [3.63, 3.8) is 0 Å². The van der Waals surface area contributed by atoms with Crippen LogP contribution in [0.15, 0.2) is 78.2 Å². The van der Waals surface area contributed by atoms with Gasteiger partial charge in [0.2, 0.25) is 5.78 Å².